The maximum Gasteiger partial charge on any atom is 0.365 e. The highest BCUT2D eigenvalue weighted by atomic mass is 16.7. The molecule has 4 rings (SSSR count). The molecule has 6 heteroatoms. The first-order valence-corrected chi connectivity index (χ1v) is 7.83. The zero-order valence-electron chi connectivity index (χ0n) is 12.8. The van der Waals surface area contributed by atoms with Gasteiger partial charge in [-0.2, -0.15) is 0 Å². The van der Waals surface area contributed by atoms with Crippen LogP contribution in [0.1, 0.15) is 55.2 Å². The summed E-state index contributed by atoms with van der Waals surface area (Å²) < 4.78 is 0. The van der Waals surface area contributed by atoms with Crippen molar-refractivity contribution in [2.75, 3.05) is 0 Å². The number of rotatable bonds is 2. The highest BCUT2D eigenvalue weighted by molar-refractivity contribution is 6.21. The van der Waals surface area contributed by atoms with E-state index < -0.39 is 17.8 Å². The number of imide groups is 1. The predicted octanol–water partition coefficient (Wildman–Crippen LogP) is 2.33. The largest absolute Gasteiger partial charge is 0.365 e. The fourth-order valence-corrected chi connectivity index (χ4v) is 3.09. The Morgan fingerprint density at radius 1 is 1.04 bits per heavy atom. The minimum Gasteiger partial charge on any atom is -0.324 e. The van der Waals surface area contributed by atoms with E-state index >= 15 is 0 Å². The topological polar surface area (TPSA) is 76.6 Å². The number of hydrogen-bond acceptors (Lipinski definition) is 5. The number of amides is 2. The first-order valence-electron chi connectivity index (χ1n) is 7.83. The highest BCUT2D eigenvalue weighted by Gasteiger charge is 2.38. The molecule has 2 aliphatic rings. The molecule has 24 heavy (non-hydrogen) atoms. The Kier molecular flexibility index (Phi) is 3.37. The van der Waals surface area contributed by atoms with Crippen molar-refractivity contribution in [3.63, 3.8) is 0 Å². The minimum absolute atomic E-state index is 0.235. The van der Waals surface area contributed by atoms with Crippen molar-refractivity contribution in [3.05, 3.63) is 64.5 Å². The van der Waals surface area contributed by atoms with Crippen molar-refractivity contribution in [2.45, 2.75) is 25.7 Å². The zero-order valence-corrected chi connectivity index (χ0v) is 12.8. The number of hydroxylamine groups is 2. The molecule has 0 bridgehead atoms. The van der Waals surface area contributed by atoms with Crippen LogP contribution >= 0.6 is 0 Å². The number of carbonyl (C=O) groups excluding carboxylic acids is 3. The Bertz CT molecular complexity index is 840. The lowest BCUT2D eigenvalue weighted by atomic mass is 9.95. The van der Waals surface area contributed by atoms with E-state index in [0.717, 1.165) is 36.9 Å². The zero-order chi connectivity index (χ0) is 16.7. The summed E-state index contributed by atoms with van der Waals surface area (Å²) in [5, 5.41) is 0.520. The molecule has 0 spiro atoms. The molecule has 1 aliphatic carbocycles. The molecule has 120 valence electrons. The Labute approximate surface area is 138 Å². The summed E-state index contributed by atoms with van der Waals surface area (Å²) in [7, 11) is 0. The van der Waals surface area contributed by atoms with Crippen molar-refractivity contribution < 1.29 is 19.2 Å². The second-order valence-corrected chi connectivity index (χ2v) is 5.87. The normalized spacial score (nSPS) is 15.9. The lowest BCUT2D eigenvalue weighted by molar-refractivity contribution is -0.0584. The van der Waals surface area contributed by atoms with Crippen LogP contribution in [0.2, 0.25) is 0 Å². The number of aryl methyl sites for hydroxylation is 2. The van der Waals surface area contributed by atoms with Gasteiger partial charge >= 0.3 is 5.97 Å². The monoisotopic (exact) mass is 322 g/mol. The number of aromatic nitrogens is 1. The molecule has 0 saturated carbocycles. The van der Waals surface area contributed by atoms with E-state index in [-0.39, 0.29) is 16.7 Å². The summed E-state index contributed by atoms with van der Waals surface area (Å²) in [6.07, 6.45) is 5.37. The van der Waals surface area contributed by atoms with E-state index in [1.165, 1.54) is 18.3 Å². The van der Waals surface area contributed by atoms with E-state index in [0.29, 0.717) is 5.06 Å². The lowest BCUT2D eigenvalue weighted by Crippen LogP contribution is -2.32. The molecular formula is C18H14N2O4. The van der Waals surface area contributed by atoms with Gasteiger partial charge in [0.25, 0.3) is 11.8 Å². The predicted molar refractivity (Wildman–Crippen MR) is 83.2 cm³/mol. The number of hydrogen-bond donors (Lipinski definition) is 0. The molecule has 1 aromatic heterocycles. The van der Waals surface area contributed by atoms with Gasteiger partial charge in [0, 0.05) is 11.9 Å². The second-order valence-electron chi connectivity index (χ2n) is 5.87. The number of benzene rings is 1. The molecule has 0 N–H and O–H groups in total. The summed E-state index contributed by atoms with van der Waals surface area (Å²) in [5.74, 6) is -2.02. The van der Waals surface area contributed by atoms with Crippen LogP contribution < -0.4 is 0 Å². The number of fused-ring (bicyclic) bond motifs is 2. The Hall–Kier alpha value is -3.02. The van der Waals surface area contributed by atoms with Gasteiger partial charge in [-0.05, 0) is 49.4 Å². The standard InChI is InChI=1S/C18H14N2O4/c21-16-13-6-2-3-7-14(13)17(22)20(16)24-18(23)12-9-11-5-1-4-8-15(11)19-10-12/h2-3,6-7,9-10H,1,4-5,8H2. The van der Waals surface area contributed by atoms with Gasteiger partial charge in [0.2, 0.25) is 0 Å². The van der Waals surface area contributed by atoms with Gasteiger partial charge in [-0.15, -0.1) is 0 Å². The van der Waals surface area contributed by atoms with Gasteiger partial charge in [-0.1, -0.05) is 17.2 Å². The molecular weight excluding hydrogens is 308 g/mol. The van der Waals surface area contributed by atoms with Gasteiger partial charge in [-0.3, -0.25) is 14.6 Å². The Balaban J connectivity index is 1.57. The summed E-state index contributed by atoms with van der Waals surface area (Å²) in [6, 6.07) is 8.11. The van der Waals surface area contributed by atoms with Crippen molar-refractivity contribution >= 4 is 17.8 Å². The average molecular weight is 322 g/mol. The molecule has 1 aromatic carbocycles. The summed E-state index contributed by atoms with van der Waals surface area (Å²) in [4.78, 5) is 46.1. The Morgan fingerprint density at radius 3 is 2.42 bits per heavy atom. The van der Waals surface area contributed by atoms with E-state index in [1.807, 2.05) is 0 Å². The quantitative estimate of drug-likeness (QED) is 0.793. The first kappa shape index (κ1) is 14.6. The van der Waals surface area contributed by atoms with Crippen LogP contribution in [0.5, 0.6) is 0 Å². The third kappa shape index (κ3) is 2.27. The van der Waals surface area contributed by atoms with E-state index in [2.05, 4.69) is 4.98 Å². The number of pyridine rings is 1. The Morgan fingerprint density at radius 2 is 1.71 bits per heavy atom. The molecule has 1 aliphatic heterocycles. The smallest absolute Gasteiger partial charge is 0.324 e. The van der Waals surface area contributed by atoms with Crippen molar-refractivity contribution in [3.8, 4) is 0 Å². The maximum absolute atomic E-state index is 12.3. The molecule has 0 radical (unpaired) electrons. The van der Waals surface area contributed by atoms with Gasteiger partial charge in [0.05, 0.1) is 16.7 Å². The molecule has 0 fully saturated rings. The second kappa shape index (κ2) is 5.56. The van der Waals surface area contributed by atoms with E-state index in [4.69, 9.17) is 4.84 Å². The molecule has 0 saturated heterocycles. The van der Waals surface area contributed by atoms with Crippen LogP contribution in [-0.2, 0) is 17.7 Å². The SMILES string of the molecule is O=C(ON1C(=O)c2ccccc2C1=O)c1cnc2c(c1)CCCC2. The molecule has 6 nitrogen and oxygen atoms in total. The molecule has 0 unspecified atom stereocenters. The van der Waals surface area contributed by atoms with Gasteiger partial charge in [0.15, 0.2) is 0 Å². The summed E-state index contributed by atoms with van der Waals surface area (Å²) >= 11 is 0. The van der Waals surface area contributed by atoms with E-state index in [9.17, 15) is 14.4 Å². The maximum atomic E-state index is 12.3. The fraction of sp³-hybridized carbons (Fsp3) is 0.222. The van der Waals surface area contributed by atoms with Gasteiger partial charge < -0.3 is 4.84 Å². The minimum atomic E-state index is -0.759. The molecule has 2 amide bonds. The summed E-state index contributed by atoms with van der Waals surface area (Å²) in [5.41, 5.74) is 2.74. The van der Waals surface area contributed by atoms with Crippen LogP contribution in [0.25, 0.3) is 0 Å². The van der Waals surface area contributed by atoms with E-state index in [1.54, 1.807) is 18.2 Å². The average Bonchev–Trinajstić information content (AvgIpc) is 2.86. The third-order valence-corrected chi connectivity index (χ3v) is 4.34. The van der Waals surface area contributed by atoms with Crippen molar-refractivity contribution in [2.24, 2.45) is 0 Å². The van der Waals surface area contributed by atoms with Crippen LogP contribution in [0.3, 0.4) is 0 Å². The fourth-order valence-electron chi connectivity index (χ4n) is 3.09. The highest BCUT2D eigenvalue weighted by Crippen LogP contribution is 2.24. The molecule has 2 heterocycles. The molecule has 0 atom stereocenters. The lowest BCUT2D eigenvalue weighted by Gasteiger charge is -2.16. The third-order valence-electron chi connectivity index (χ3n) is 4.34. The first-order chi connectivity index (χ1) is 11.6. The van der Waals surface area contributed by atoms with Gasteiger partial charge in [-0.25, -0.2) is 4.79 Å². The summed E-state index contributed by atoms with van der Waals surface area (Å²) in [6.45, 7) is 0. The number of carbonyl (C=O) groups is 3. The van der Waals surface area contributed by atoms with Crippen molar-refractivity contribution in [1.29, 1.82) is 0 Å². The van der Waals surface area contributed by atoms with Crippen LogP contribution in [0, 0.1) is 0 Å². The van der Waals surface area contributed by atoms with Crippen LogP contribution in [-0.4, -0.2) is 27.8 Å². The molecule has 2 aromatic rings. The van der Waals surface area contributed by atoms with Crippen LogP contribution in [0.4, 0.5) is 0 Å². The van der Waals surface area contributed by atoms with Crippen molar-refractivity contribution in [1.82, 2.24) is 10.0 Å². The number of nitrogens with zero attached hydrogens (tertiary/aromatic N) is 2. The van der Waals surface area contributed by atoms with Crippen LogP contribution in [0.15, 0.2) is 36.5 Å². The van der Waals surface area contributed by atoms with Gasteiger partial charge in [0.1, 0.15) is 0 Å².